The van der Waals surface area contributed by atoms with Crippen LogP contribution in [0.25, 0.3) is 11.0 Å². The predicted octanol–water partition coefficient (Wildman–Crippen LogP) is 5.39. The molecule has 0 radical (unpaired) electrons. The van der Waals surface area contributed by atoms with Crippen molar-refractivity contribution >= 4 is 19.1 Å². The zero-order chi connectivity index (χ0) is 23.8. The van der Waals surface area contributed by atoms with Crippen molar-refractivity contribution in [3.05, 3.63) is 59.7 Å². The Balaban J connectivity index is 1.24. The van der Waals surface area contributed by atoms with Crippen molar-refractivity contribution in [3.8, 4) is 0 Å². The average molecular weight is 480 g/mol. The first-order chi connectivity index (χ1) is 16.5. The number of aromatic nitrogens is 3. The van der Waals surface area contributed by atoms with Crippen molar-refractivity contribution in [2.75, 3.05) is 26.3 Å². The summed E-state index contributed by atoms with van der Waals surface area (Å²) in [6, 6.07) is 14.2. The maximum absolute atomic E-state index is 6.11. The third-order valence-electron chi connectivity index (χ3n) is 6.60. The van der Waals surface area contributed by atoms with E-state index in [0.29, 0.717) is 12.6 Å². The number of para-hydroxylation sites is 2. The van der Waals surface area contributed by atoms with E-state index in [0.717, 1.165) is 55.8 Å². The van der Waals surface area contributed by atoms with Gasteiger partial charge in [-0.05, 0) is 75.0 Å². The Hall–Kier alpha value is -2.06. The third-order valence-corrected chi connectivity index (χ3v) is 8.30. The first kappa shape index (κ1) is 25.0. The summed E-state index contributed by atoms with van der Waals surface area (Å²) in [5.74, 6) is 0.970. The van der Waals surface area contributed by atoms with Gasteiger partial charge in [0.25, 0.3) is 0 Å². The Morgan fingerprint density at radius 1 is 1.12 bits per heavy atom. The van der Waals surface area contributed by atoms with Crippen molar-refractivity contribution in [2.45, 2.75) is 69.9 Å². The van der Waals surface area contributed by atoms with Gasteiger partial charge in [0.1, 0.15) is 5.82 Å². The molecule has 2 atom stereocenters. The molecule has 0 bridgehead atoms. The van der Waals surface area contributed by atoms with Crippen LogP contribution in [-0.2, 0) is 11.2 Å². The molecule has 0 spiro atoms. The van der Waals surface area contributed by atoms with E-state index in [-0.39, 0.29) is 6.04 Å². The van der Waals surface area contributed by atoms with Crippen LogP contribution in [0.15, 0.2) is 42.6 Å². The molecular weight excluding hydrogens is 438 g/mol. The fourth-order valence-corrected chi connectivity index (χ4v) is 5.32. The lowest BCUT2D eigenvalue weighted by Crippen LogP contribution is -2.30. The summed E-state index contributed by atoms with van der Waals surface area (Å²) >= 11 is 0. The number of ether oxygens (including phenoxy) is 1. The largest absolute Gasteiger partial charge is 0.380 e. The van der Waals surface area contributed by atoms with Crippen molar-refractivity contribution < 1.29 is 4.74 Å². The maximum Gasteiger partial charge on any atom is 0.126 e. The van der Waals surface area contributed by atoms with Crippen LogP contribution in [0.5, 0.6) is 0 Å². The monoisotopic (exact) mass is 479 g/mol. The van der Waals surface area contributed by atoms with Gasteiger partial charge in [-0.25, -0.2) is 4.98 Å². The molecule has 0 aliphatic heterocycles. The number of unbranched alkanes of at least 4 members (excludes halogenated alkanes) is 1. The Bertz CT molecular complexity index is 998. The molecule has 1 aliphatic rings. The molecule has 2 aromatic heterocycles. The molecule has 0 saturated heterocycles. The summed E-state index contributed by atoms with van der Waals surface area (Å²) < 4.78 is 6.11. The highest BCUT2D eigenvalue weighted by molar-refractivity contribution is 6.76. The molecule has 3 aromatic rings. The van der Waals surface area contributed by atoms with Crippen molar-refractivity contribution in [3.63, 3.8) is 0 Å². The molecule has 34 heavy (non-hydrogen) atoms. The lowest BCUT2D eigenvalue weighted by Gasteiger charge is -2.25. The second kappa shape index (κ2) is 12.1. The van der Waals surface area contributed by atoms with Gasteiger partial charge in [-0.2, -0.15) is 0 Å². The average Bonchev–Trinajstić information content (AvgIpc) is 3.26. The highest BCUT2D eigenvalue weighted by atomic mass is 28.3. The van der Waals surface area contributed by atoms with E-state index in [2.05, 4.69) is 64.5 Å². The molecule has 7 heteroatoms. The van der Waals surface area contributed by atoms with Crippen molar-refractivity contribution in [1.29, 1.82) is 0 Å². The van der Waals surface area contributed by atoms with E-state index in [9.17, 15) is 0 Å². The van der Waals surface area contributed by atoms with Crippen LogP contribution in [0.3, 0.4) is 0 Å². The first-order valence-electron chi connectivity index (χ1n) is 12.9. The Morgan fingerprint density at radius 3 is 2.82 bits per heavy atom. The van der Waals surface area contributed by atoms with E-state index in [1.54, 1.807) is 0 Å². The fourth-order valence-electron chi connectivity index (χ4n) is 4.56. The van der Waals surface area contributed by atoms with Crippen LogP contribution >= 0.6 is 0 Å². The van der Waals surface area contributed by atoms with Crippen LogP contribution in [0, 0.1) is 0 Å². The number of rotatable bonds is 13. The van der Waals surface area contributed by atoms with Gasteiger partial charge in [0.2, 0.25) is 0 Å². The summed E-state index contributed by atoms with van der Waals surface area (Å²) in [4.78, 5) is 13.0. The van der Waals surface area contributed by atoms with Crippen LogP contribution in [0.2, 0.25) is 25.7 Å². The minimum atomic E-state index is -1.09. The molecule has 0 amide bonds. The topological polar surface area (TPSA) is 74.9 Å². The van der Waals surface area contributed by atoms with Crippen LogP contribution in [0.1, 0.15) is 54.8 Å². The van der Waals surface area contributed by atoms with Gasteiger partial charge in [-0.1, -0.05) is 37.8 Å². The molecule has 1 aliphatic carbocycles. The number of pyridine rings is 1. The predicted molar refractivity (Wildman–Crippen MR) is 143 cm³/mol. The third kappa shape index (κ3) is 7.22. The molecule has 0 fully saturated rings. The number of nitrogens with one attached hydrogen (secondary N) is 3. The quantitative estimate of drug-likeness (QED) is 0.226. The molecule has 2 unspecified atom stereocenters. The van der Waals surface area contributed by atoms with Crippen LogP contribution in [-0.4, -0.2) is 49.3 Å². The normalized spacial score (nSPS) is 17.1. The van der Waals surface area contributed by atoms with Crippen molar-refractivity contribution in [1.82, 2.24) is 25.6 Å². The van der Waals surface area contributed by atoms with Crippen LogP contribution in [0.4, 0.5) is 0 Å². The van der Waals surface area contributed by atoms with Gasteiger partial charge in [-0.15, -0.1) is 0 Å². The van der Waals surface area contributed by atoms with E-state index < -0.39 is 8.07 Å². The number of benzene rings is 1. The van der Waals surface area contributed by atoms with Gasteiger partial charge in [0, 0.05) is 26.9 Å². The Kier molecular flexibility index (Phi) is 8.89. The SMILES string of the molecule is C[Si](C)(C)CCOCC(NCCCCNC1CCCc2cccnc21)c1nc2ccccc2[nH]1. The molecule has 2 heterocycles. The number of nitrogens with zero attached hydrogens (tertiary/aromatic N) is 2. The van der Waals surface area contributed by atoms with E-state index in [1.807, 2.05) is 18.3 Å². The van der Waals surface area contributed by atoms with E-state index >= 15 is 0 Å². The first-order valence-corrected chi connectivity index (χ1v) is 16.6. The maximum atomic E-state index is 6.11. The van der Waals surface area contributed by atoms with E-state index in [4.69, 9.17) is 9.72 Å². The number of imidazole rings is 1. The van der Waals surface area contributed by atoms with Gasteiger partial charge < -0.3 is 20.4 Å². The number of aryl methyl sites for hydroxylation is 1. The van der Waals surface area contributed by atoms with Gasteiger partial charge in [0.15, 0.2) is 0 Å². The minimum absolute atomic E-state index is 0.0800. The number of hydrogen-bond donors (Lipinski definition) is 3. The molecule has 6 nitrogen and oxygen atoms in total. The summed E-state index contributed by atoms with van der Waals surface area (Å²) in [6.45, 7) is 10.6. The summed E-state index contributed by atoms with van der Waals surface area (Å²) in [6.07, 6.45) is 7.76. The highest BCUT2D eigenvalue weighted by Crippen LogP contribution is 2.27. The lowest BCUT2D eigenvalue weighted by atomic mass is 9.92. The van der Waals surface area contributed by atoms with E-state index in [1.165, 1.54) is 30.1 Å². The second-order valence-electron chi connectivity index (χ2n) is 10.7. The summed E-state index contributed by atoms with van der Waals surface area (Å²) in [7, 11) is -1.09. The van der Waals surface area contributed by atoms with Gasteiger partial charge >= 0.3 is 0 Å². The van der Waals surface area contributed by atoms with Gasteiger partial charge in [0.05, 0.1) is 29.4 Å². The standard InChI is InChI=1S/C27H41N5OSi/c1-34(2,3)19-18-33-20-25(27-31-22-12-4-5-13-23(22)32-27)29-16-7-6-15-28-24-14-8-10-21-11-9-17-30-26(21)24/h4-5,9,11-13,17,24-25,28-29H,6-8,10,14-16,18-20H2,1-3H3,(H,31,32). The number of aromatic amines is 1. The molecule has 4 rings (SSSR count). The molecule has 184 valence electrons. The molecule has 0 saturated carbocycles. The molecule has 3 N–H and O–H groups in total. The number of H-pyrrole nitrogens is 1. The minimum Gasteiger partial charge on any atom is -0.380 e. The smallest absolute Gasteiger partial charge is 0.126 e. The second-order valence-corrected chi connectivity index (χ2v) is 16.3. The summed E-state index contributed by atoms with van der Waals surface area (Å²) in [5, 5.41) is 7.44. The van der Waals surface area contributed by atoms with Crippen LogP contribution < -0.4 is 10.6 Å². The molecule has 1 aromatic carbocycles. The fraction of sp³-hybridized carbons (Fsp3) is 0.556. The zero-order valence-corrected chi connectivity index (χ0v) is 22.1. The lowest BCUT2D eigenvalue weighted by molar-refractivity contribution is 0.120. The number of hydrogen-bond acceptors (Lipinski definition) is 5. The molecular formula is C27H41N5OSi. The highest BCUT2D eigenvalue weighted by Gasteiger charge is 2.21. The number of fused-ring (bicyclic) bond motifs is 2. The summed E-state index contributed by atoms with van der Waals surface area (Å²) in [5.41, 5.74) is 4.76. The zero-order valence-electron chi connectivity index (χ0n) is 21.1. The van der Waals surface area contributed by atoms with Gasteiger partial charge in [-0.3, -0.25) is 4.98 Å². The Labute approximate surface area is 205 Å². The Morgan fingerprint density at radius 2 is 1.97 bits per heavy atom. The van der Waals surface area contributed by atoms with Crippen molar-refractivity contribution in [2.24, 2.45) is 0 Å².